The molecule has 160 valence electrons. The molecule has 8 heteroatoms. The number of hydrogen-bond acceptors (Lipinski definition) is 4. The summed E-state index contributed by atoms with van der Waals surface area (Å²) in [7, 11) is 1.77. The Bertz CT molecular complexity index is 620. The molecule has 0 atom stereocenters. The van der Waals surface area contributed by atoms with Gasteiger partial charge in [-0.3, -0.25) is 9.79 Å². The van der Waals surface area contributed by atoms with Crippen LogP contribution >= 0.6 is 24.0 Å². The van der Waals surface area contributed by atoms with Crippen molar-refractivity contribution in [2.24, 2.45) is 10.9 Å². The minimum absolute atomic E-state index is 0. The number of nitrogens with zero attached hydrogens (tertiary/aromatic N) is 3. The topological polar surface area (TPSA) is 82.8 Å². The number of rotatable bonds is 7. The van der Waals surface area contributed by atoms with Crippen LogP contribution in [0.15, 0.2) is 15.6 Å². The monoisotopic (exact) mass is 505 g/mol. The number of aromatic nitrogens is 1. The minimum atomic E-state index is 0. The molecule has 0 saturated carbocycles. The number of likely N-dealkylation sites (tertiary alicyclic amines) is 1. The first-order valence-electron chi connectivity index (χ1n) is 10.2. The summed E-state index contributed by atoms with van der Waals surface area (Å²) < 4.78 is 5.46. The zero-order valence-electron chi connectivity index (χ0n) is 17.8. The molecule has 1 aromatic heterocycles. The number of nitrogens with one attached hydrogen (secondary N) is 2. The van der Waals surface area contributed by atoms with Crippen molar-refractivity contribution in [1.82, 2.24) is 20.7 Å². The van der Waals surface area contributed by atoms with E-state index in [1.165, 1.54) is 0 Å². The van der Waals surface area contributed by atoms with Crippen molar-refractivity contribution in [2.45, 2.75) is 71.9 Å². The molecule has 0 radical (unpaired) electrons. The van der Waals surface area contributed by atoms with Gasteiger partial charge in [0.15, 0.2) is 11.7 Å². The maximum atomic E-state index is 12.1. The van der Waals surface area contributed by atoms with Crippen molar-refractivity contribution in [3.8, 4) is 0 Å². The number of piperidine rings is 1. The lowest BCUT2D eigenvalue weighted by molar-refractivity contribution is -0.135. The first-order valence-corrected chi connectivity index (χ1v) is 10.2. The molecule has 1 aliphatic heterocycles. The summed E-state index contributed by atoms with van der Waals surface area (Å²) in [5.74, 6) is 2.34. The normalized spacial score (nSPS) is 15.7. The SMILES string of the molecule is CCC(CC)c1cc(CNC(=NC)NC2CCN(C(=O)C(C)C)CC2)on1.I. The Morgan fingerprint density at radius 1 is 1.32 bits per heavy atom. The van der Waals surface area contributed by atoms with Gasteiger partial charge < -0.3 is 20.1 Å². The first kappa shape index (κ1) is 24.7. The number of guanidine groups is 1. The number of carbonyl (C=O) groups is 1. The molecule has 0 aromatic carbocycles. The molecule has 1 saturated heterocycles. The van der Waals surface area contributed by atoms with Crippen molar-refractivity contribution in [3.05, 3.63) is 17.5 Å². The Morgan fingerprint density at radius 2 is 1.96 bits per heavy atom. The van der Waals surface area contributed by atoms with Crippen LogP contribution in [0.3, 0.4) is 0 Å². The third-order valence-electron chi connectivity index (χ3n) is 5.28. The number of hydrogen-bond donors (Lipinski definition) is 2. The quantitative estimate of drug-likeness (QED) is 0.337. The summed E-state index contributed by atoms with van der Waals surface area (Å²) in [6.45, 7) is 10.4. The molecule has 0 unspecified atom stereocenters. The minimum Gasteiger partial charge on any atom is -0.359 e. The Labute approximate surface area is 186 Å². The molecule has 0 bridgehead atoms. The molecule has 1 aliphatic rings. The second kappa shape index (κ2) is 12.3. The molecule has 7 nitrogen and oxygen atoms in total. The van der Waals surface area contributed by atoms with E-state index in [1.54, 1.807) is 7.05 Å². The van der Waals surface area contributed by atoms with Gasteiger partial charge in [0.2, 0.25) is 5.91 Å². The maximum absolute atomic E-state index is 12.1. The summed E-state index contributed by atoms with van der Waals surface area (Å²) in [6.07, 6.45) is 3.99. The summed E-state index contributed by atoms with van der Waals surface area (Å²) >= 11 is 0. The van der Waals surface area contributed by atoms with Gasteiger partial charge in [-0.1, -0.05) is 32.9 Å². The average molecular weight is 505 g/mol. The van der Waals surface area contributed by atoms with E-state index in [2.05, 4.69) is 34.6 Å². The van der Waals surface area contributed by atoms with Crippen molar-refractivity contribution in [3.63, 3.8) is 0 Å². The van der Waals surface area contributed by atoms with Gasteiger partial charge in [-0.2, -0.15) is 0 Å². The van der Waals surface area contributed by atoms with Gasteiger partial charge in [-0.05, 0) is 25.7 Å². The van der Waals surface area contributed by atoms with Crippen LogP contribution in [-0.4, -0.2) is 48.1 Å². The third kappa shape index (κ3) is 6.93. The van der Waals surface area contributed by atoms with E-state index in [4.69, 9.17) is 4.52 Å². The molecule has 2 rings (SSSR count). The van der Waals surface area contributed by atoms with E-state index in [1.807, 2.05) is 24.8 Å². The lowest BCUT2D eigenvalue weighted by Gasteiger charge is -2.34. The highest BCUT2D eigenvalue weighted by atomic mass is 127. The molecule has 0 aliphatic carbocycles. The number of carbonyl (C=O) groups excluding carboxylic acids is 1. The lowest BCUT2D eigenvalue weighted by Crippen LogP contribution is -2.50. The standard InChI is InChI=1S/C20H35N5O2.HI/c1-6-15(7-2)18-12-17(27-24-18)13-22-20(21-5)23-16-8-10-25(11-9-16)19(26)14(3)4;/h12,14-16H,6-11,13H2,1-5H3,(H2,21,22,23);1H. The molecule has 1 aromatic rings. The molecule has 1 fully saturated rings. The highest BCUT2D eigenvalue weighted by Gasteiger charge is 2.24. The molecular weight excluding hydrogens is 469 g/mol. The summed E-state index contributed by atoms with van der Waals surface area (Å²) in [5.41, 5.74) is 1.03. The molecule has 28 heavy (non-hydrogen) atoms. The highest BCUT2D eigenvalue weighted by molar-refractivity contribution is 14.0. The predicted molar refractivity (Wildman–Crippen MR) is 123 cm³/mol. The molecule has 0 spiro atoms. The smallest absolute Gasteiger partial charge is 0.225 e. The van der Waals surface area contributed by atoms with Crippen molar-refractivity contribution in [2.75, 3.05) is 20.1 Å². The molecular formula is C20H36IN5O2. The molecule has 2 N–H and O–H groups in total. The first-order chi connectivity index (χ1) is 13.0. The average Bonchev–Trinajstić information content (AvgIpc) is 3.14. The molecule has 2 heterocycles. The summed E-state index contributed by atoms with van der Waals surface area (Å²) in [4.78, 5) is 18.4. The largest absolute Gasteiger partial charge is 0.359 e. The fourth-order valence-electron chi connectivity index (χ4n) is 3.48. The van der Waals surface area contributed by atoms with Gasteiger partial charge in [0, 0.05) is 44.1 Å². The van der Waals surface area contributed by atoms with Gasteiger partial charge in [-0.15, -0.1) is 24.0 Å². The Morgan fingerprint density at radius 3 is 2.50 bits per heavy atom. The van der Waals surface area contributed by atoms with Crippen molar-refractivity contribution >= 4 is 35.8 Å². The zero-order valence-corrected chi connectivity index (χ0v) is 20.2. The van der Waals surface area contributed by atoms with Crippen LogP contribution in [-0.2, 0) is 11.3 Å². The zero-order chi connectivity index (χ0) is 19.8. The van der Waals surface area contributed by atoms with Crippen LogP contribution in [0.2, 0.25) is 0 Å². The fraction of sp³-hybridized carbons (Fsp3) is 0.750. The maximum Gasteiger partial charge on any atom is 0.225 e. The number of halogens is 1. The van der Waals surface area contributed by atoms with Crippen molar-refractivity contribution in [1.29, 1.82) is 0 Å². The van der Waals surface area contributed by atoms with Crippen LogP contribution < -0.4 is 10.6 Å². The van der Waals surface area contributed by atoms with Crippen molar-refractivity contribution < 1.29 is 9.32 Å². The lowest BCUT2D eigenvalue weighted by atomic mass is 9.99. The van der Waals surface area contributed by atoms with Gasteiger partial charge in [-0.25, -0.2) is 0 Å². The molecule has 1 amide bonds. The second-order valence-electron chi connectivity index (χ2n) is 7.56. The van der Waals surface area contributed by atoms with E-state index in [0.717, 1.165) is 56.2 Å². The van der Waals surface area contributed by atoms with E-state index in [0.29, 0.717) is 18.5 Å². The Kier molecular flexibility index (Phi) is 10.8. The summed E-state index contributed by atoms with van der Waals surface area (Å²) in [5, 5.41) is 11.0. The van der Waals surface area contributed by atoms with Crippen LogP contribution in [0.1, 0.15) is 70.8 Å². The number of aliphatic imine (C=N–C) groups is 1. The van der Waals surface area contributed by atoms with Gasteiger partial charge in [0.05, 0.1) is 12.2 Å². The fourth-order valence-corrected chi connectivity index (χ4v) is 3.48. The summed E-state index contributed by atoms with van der Waals surface area (Å²) in [6, 6.07) is 2.36. The highest BCUT2D eigenvalue weighted by Crippen LogP contribution is 2.22. The van der Waals surface area contributed by atoms with Gasteiger partial charge in [0.25, 0.3) is 0 Å². The van der Waals surface area contributed by atoms with Crippen LogP contribution in [0.5, 0.6) is 0 Å². The van der Waals surface area contributed by atoms with Crippen LogP contribution in [0.4, 0.5) is 0 Å². The van der Waals surface area contributed by atoms with E-state index >= 15 is 0 Å². The predicted octanol–water partition coefficient (Wildman–Crippen LogP) is 3.51. The Hall–Kier alpha value is -1.32. The van der Waals surface area contributed by atoms with Gasteiger partial charge >= 0.3 is 0 Å². The van der Waals surface area contributed by atoms with E-state index < -0.39 is 0 Å². The second-order valence-corrected chi connectivity index (χ2v) is 7.56. The van der Waals surface area contributed by atoms with E-state index in [-0.39, 0.29) is 35.8 Å². The van der Waals surface area contributed by atoms with Gasteiger partial charge in [0.1, 0.15) is 0 Å². The number of amides is 1. The third-order valence-corrected chi connectivity index (χ3v) is 5.28. The van der Waals surface area contributed by atoms with Crippen LogP contribution in [0, 0.1) is 5.92 Å². The van der Waals surface area contributed by atoms with Crippen LogP contribution in [0.25, 0.3) is 0 Å². The van der Waals surface area contributed by atoms with E-state index in [9.17, 15) is 4.79 Å². The Balaban J connectivity index is 0.00000392.